The van der Waals surface area contributed by atoms with Crippen LogP contribution in [0.4, 0.5) is 0 Å². The van der Waals surface area contributed by atoms with E-state index in [1.165, 1.54) is 76.3 Å². The summed E-state index contributed by atoms with van der Waals surface area (Å²) in [6.45, 7) is 0. The van der Waals surface area contributed by atoms with Gasteiger partial charge in [0.25, 0.3) is 0 Å². The molecule has 0 spiro atoms. The molecule has 0 amide bonds. The van der Waals surface area contributed by atoms with E-state index in [2.05, 4.69) is 213 Å². The van der Waals surface area contributed by atoms with E-state index in [0.717, 1.165) is 22.7 Å². The minimum Gasteiger partial charge on any atom is -0.316 e. The molecule has 8 aromatic carbocycles. The maximum atomic E-state index is 2.52. The van der Waals surface area contributed by atoms with Crippen molar-refractivity contribution in [2.24, 2.45) is 0 Å². The van der Waals surface area contributed by atoms with Crippen LogP contribution in [0.2, 0.25) is 0 Å². The first-order valence-electron chi connectivity index (χ1n) is 18.5. The quantitative estimate of drug-likeness (QED) is 0.175. The van der Waals surface area contributed by atoms with Gasteiger partial charge in [-0.25, -0.2) is 0 Å². The van der Waals surface area contributed by atoms with Gasteiger partial charge < -0.3 is 18.3 Å². The van der Waals surface area contributed by atoms with E-state index < -0.39 is 0 Å². The molecule has 4 heterocycles. The van der Waals surface area contributed by atoms with Gasteiger partial charge >= 0.3 is 0 Å². The van der Waals surface area contributed by atoms with Crippen LogP contribution < -0.4 is 0 Å². The Balaban J connectivity index is 1.23. The molecular weight excluding hydrogens is 657 g/mol. The molecule has 0 radical (unpaired) electrons. The van der Waals surface area contributed by atoms with Crippen molar-refractivity contribution in [1.29, 1.82) is 0 Å². The number of aromatic nitrogens is 4. The molecule has 12 rings (SSSR count). The van der Waals surface area contributed by atoms with Crippen molar-refractivity contribution >= 4 is 76.3 Å². The summed E-state index contributed by atoms with van der Waals surface area (Å²) in [4.78, 5) is 0. The second-order valence-corrected chi connectivity index (χ2v) is 14.2. The van der Waals surface area contributed by atoms with E-state index in [9.17, 15) is 0 Å². The summed E-state index contributed by atoms with van der Waals surface area (Å²) in [7, 11) is 0. The fourth-order valence-electron chi connectivity index (χ4n) is 9.08. The van der Waals surface area contributed by atoms with E-state index >= 15 is 0 Å². The SMILES string of the molecule is c1ccc(-n2ccc3c2ccc2c4cc5c(cc4n(-c4ccc6c(c4)c4ccccc4n6-c4ccccc4)c23)c2ccccc2n5-c2ccccc2)cc1. The zero-order valence-electron chi connectivity index (χ0n) is 29.3. The van der Waals surface area contributed by atoms with Crippen LogP contribution in [-0.2, 0) is 0 Å². The number of hydrogen-bond donors (Lipinski definition) is 0. The Morgan fingerprint density at radius 3 is 1.37 bits per heavy atom. The summed E-state index contributed by atoms with van der Waals surface area (Å²) >= 11 is 0. The van der Waals surface area contributed by atoms with Crippen LogP contribution in [0.3, 0.4) is 0 Å². The van der Waals surface area contributed by atoms with Gasteiger partial charge in [-0.1, -0.05) is 97.1 Å². The summed E-state index contributed by atoms with van der Waals surface area (Å²) in [6.07, 6.45) is 2.21. The van der Waals surface area contributed by atoms with Crippen LogP contribution >= 0.6 is 0 Å². The van der Waals surface area contributed by atoms with Crippen molar-refractivity contribution in [1.82, 2.24) is 18.3 Å². The third-order valence-electron chi connectivity index (χ3n) is 11.4. The molecule has 0 fully saturated rings. The lowest BCUT2D eigenvalue weighted by atomic mass is 10.1. The predicted octanol–water partition coefficient (Wildman–Crippen LogP) is 12.9. The maximum absolute atomic E-state index is 2.52. The average molecular weight is 689 g/mol. The number of para-hydroxylation sites is 5. The van der Waals surface area contributed by atoms with Crippen molar-refractivity contribution in [3.8, 4) is 22.7 Å². The fraction of sp³-hybridized carbons (Fsp3) is 0. The Morgan fingerprint density at radius 2 is 0.722 bits per heavy atom. The minimum atomic E-state index is 1.14. The summed E-state index contributed by atoms with van der Waals surface area (Å²) in [6, 6.07) is 68.5. The highest BCUT2D eigenvalue weighted by molar-refractivity contribution is 6.23. The van der Waals surface area contributed by atoms with Crippen molar-refractivity contribution in [3.05, 3.63) is 194 Å². The zero-order valence-corrected chi connectivity index (χ0v) is 29.3. The van der Waals surface area contributed by atoms with Crippen LogP contribution in [0.1, 0.15) is 0 Å². The Labute approximate surface area is 310 Å². The molecular formula is C50H32N4. The van der Waals surface area contributed by atoms with Crippen LogP contribution in [-0.4, -0.2) is 18.3 Å². The second-order valence-electron chi connectivity index (χ2n) is 14.2. The molecule has 0 saturated carbocycles. The van der Waals surface area contributed by atoms with Gasteiger partial charge in [-0.05, 0) is 91.0 Å². The third-order valence-corrected chi connectivity index (χ3v) is 11.4. The molecule has 4 aromatic heterocycles. The molecule has 252 valence electrons. The topological polar surface area (TPSA) is 19.7 Å². The van der Waals surface area contributed by atoms with Crippen LogP contribution in [0.25, 0.3) is 99.1 Å². The van der Waals surface area contributed by atoms with Crippen molar-refractivity contribution in [3.63, 3.8) is 0 Å². The van der Waals surface area contributed by atoms with E-state index in [4.69, 9.17) is 0 Å². The number of fused-ring (bicyclic) bond motifs is 11. The van der Waals surface area contributed by atoms with Gasteiger partial charge in [-0.2, -0.15) is 0 Å². The summed E-state index contributed by atoms with van der Waals surface area (Å²) in [5.41, 5.74) is 13.0. The van der Waals surface area contributed by atoms with E-state index in [1.54, 1.807) is 0 Å². The van der Waals surface area contributed by atoms with Crippen molar-refractivity contribution < 1.29 is 0 Å². The summed E-state index contributed by atoms with van der Waals surface area (Å²) < 4.78 is 9.63. The van der Waals surface area contributed by atoms with E-state index in [1.807, 2.05) is 0 Å². The smallest absolute Gasteiger partial charge is 0.0635 e. The van der Waals surface area contributed by atoms with Gasteiger partial charge in [-0.15, -0.1) is 0 Å². The molecule has 0 atom stereocenters. The van der Waals surface area contributed by atoms with Gasteiger partial charge in [0.05, 0.1) is 38.6 Å². The zero-order chi connectivity index (χ0) is 35.3. The minimum absolute atomic E-state index is 1.14. The molecule has 4 heteroatoms. The Morgan fingerprint density at radius 1 is 0.241 bits per heavy atom. The van der Waals surface area contributed by atoms with Crippen LogP contribution in [0.15, 0.2) is 194 Å². The summed E-state index contributed by atoms with van der Waals surface area (Å²) in [5.74, 6) is 0. The Hall–Kier alpha value is -7.30. The molecule has 54 heavy (non-hydrogen) atoms. The van der Waals surface area contributed by atoms with Gasteiger partial charge in [-0.3, -0.25) is 0 Å². The lowest BCUT2D eigenvalue weighted by molar-refractivity contribution is 1.13. The highest BCUT2D eigenvalue weighted by atomic mass is 15.0. The summed E-state index contributed by atoms with van der Waals surface area (Å²) in [5, 5.41) is 8.66. The molecule has 4 nitrogen and oxygen atoms in total. The monoisotopic (exact) mass is 688 g/mol. The third kappa shape index (κ3) is 4.02. The van der Waals surface area contributed by atoms with Gasteiger partial charge in [0, 0.05) is 66.6 Å². The standard InChI is InChI=1S/C50H32N4/c1-4-14-33(15-5-1)51-29-28-40-44(51)27-25-39-43-32-48-42(38-21-11-13-23-46(38)53(48)35-18-8-3-9-19-35)31-49(43)54(50(39)40)36-24-26-47-41(30-36)37-20-10-12-22-45(37)52(47)34-16-6-2-7-17-34/h1-32H. The molecule has 12 aromatic rings. The molecule has 0 aliphatic carbocycles. The first-order chi connectivity index (χ1) is 26.8. The number of benzene rings is 8. The van der Waals surface area contributed by atoms with Crippen molar-refractivity contribution in [2.75, 3.05) is 0 Å². The van der Waals surface area contributed by atoms with Crippen LogP contribution in [0, 0.1) is 0 Å². The number of rotatable bonds is 4. The van der Waals surface area contributed by atoms with E-state index in [0.29, 0.717) is 0 Å². The molecule has 0 saturated heterocycles. The molecule has 0 N–H and O–H groups in total. The molecule has 0 aliphatic rings. The van der Waals surface area contributed by atoms with E-state index in [-0.39, 0.29) is 0 Å². The fourth-order valence-corrected chi connectivity index (χ4v) is 9.08. The average Bonchev–Trinajstić information content (AvgIpc) is 3.99. The first kappa shape index (κ1) is 29.3. The molecule has 0 bridgehead atoms. The molecule has 0 unspecified atom stereocenters. The largest absolute Gasteiger partial charge is 0.316 e. The highest BCUT2D eigenvalue weighted by Gasteiger charge is 2.22. The van der Waals surface area contributed by atoms with Gasteiger partial charge in [0.2, 0.25) is 0 Å². The van der Waals surface area contributed by atoms with Crippen LogP contribution in [0.5, 0.6) is 0 Å². The van der Waals surface area contributed by atoms with Gasteiger partial charge in [0.15, 0.2) is 0 Å². The number of hydrogen-bond acceptors (Lipinski definition) is 0. The maximum Gasteiger partial charge on any atom is 0.0635 e. The predicted molar refractivity (Wildman–Crippen MR) is 226 cm³/mol. The molecule has 0 aliphatic heterocycles. The highest BCUT2D eigenvalue weighted by Crippen LogP contribution is 2.43. The van der Waals surface area contributed by atoms with Gasteiger partial charge in [0.1, 0.15) is 0 Å². The normalized spacial score (nSPS) is 12.1. The number of nitrogens with zero attached hydrogens (tertiary/aromatic N) is 4. The second kappa shape index (κ2) is 11.1. The lowest BCUT2D eigenvalue weighted by Crippen LogP contribution is -1.96. The van der Waals surface area contributed by atoms with Crippen molar-refractivity contribution in [2.45, 2.75) is 0 Å². The Bertz CT molecular complexity index is 3410. The lowest BCUT2D eigenvalue weighted by Gasteiger charge is -2.12. The first-order valence-corrected chi connectivity index (χ1v) is 18.5. The Kier molecular flexibility index (Phi) is 6.02.